The van der Waals surface area contributed by atoms with Crippen molar-refractivity contribution >= 4 is 87.4 Å². The second-order valence-electron chi connectivity index (χ2n) is 10.9. The minimum atomic E-state index is -1.08. The summed E-state index contributed by atoms with van der Waals surface area (Å²) in [7, 11) is 0. The minimum absolute atomic E-state index is 0.00533. The number of nitrogens with one attached hydrogen (secondary N) is 3. The second kappa shape index (κ2) is 18.0. The van der Waals surface area contributed by atoms with Crippen LogP contribution in [0.2, 0.25) is 20.1 Å². The largest absolute Gasteiger partial charge is 0.486 e. The number of hydrogen-bond acceptors (Lipinski definition) is 8. The Labute approximate surface area is 315 Å². The molecule has 0 aliphatic rings. The molecule has 0 radical (unpaired) electrons. The van der Waals surface area contributed by atoms with Crippen molar-refractivity contribution in [3.05, 3.63) is 115 Å². The summed E-state index contributed by atoms with van der Waals surface area (Å²) in [5.74, 6) is -5.20. The zero-order valence-electron chi connectivity index (χ0n) is 27.1. The third-order valence-corrected chi connectivity index (χ3v) is 7.93. The Hall–Kier alpha value is -4.95. The molecule has 52 heavy (non-hydrogen) atoms. The van der Waals surface area contributed by atoms with E-state index in [0.717, 1.165) is 0 Å². The molecule has 17 heteroatoms. The van der Waals surface area contributed by atoms with E-state index in [1.807, 2.05) is 0 Å². The molecular formula is C35H27Cl4F2N3O8. The molecule has 3 amide bonds. The Balaban J connectivity index is 1.28. The molecule has 11 nitrogen and oxygen atoms in total. The van der Waals surface area contributed by atoms with Crippen LogP contribution in [-0.4, -0.2) is 36.2 Å². The van der Waals surface area contributed by atoms with Gasteiger partial charge in [0.05, 0.1) is 37.9 Å². The standard InChI is InChI=1S/C35H27Cl4F2N3O8/c1-17(45)43-27-7-3-5-20(31(27)40)15-50-33-23(36)9-19(10-24(33)37)11-29(47)52-30(48)14-42-35(49)22-12-25(38)34(26(39)13-22)51-16-21-6-4-8-28(32(21)41)44-18(2)46/h3-10,12-13H,11,14-16H2,1-2H3,(H,42,49)(H,43,45)(H,44,46). The van der Waals surface area contributed by atoms with Gasteiger partial charge in [0.2, 0.25) is 11.8 Å². The average molecular weight is 797 g/mol. The Morgan fingerprint density at radius 1 is 0.654 bits per heavy atom. The Kier molecular flexibility index (Phi) is 13.8. The number of rotatable bonds is 13. The number of anilines is 2. The van der Waals surface area contributed by atoms with E-state index in [2.05, 4.69) is 16.0 Å². The van der Waals surface area contributed by atoms with Gasteiger partial charge >= 0.3 is 11.9 Å². The van der Waals surface area contributed by atoms with Crippen molar-refractivity contribution in [1.29, 1.82) is 0 Å². The van der Waals surface area contributed by atoms with E-state index in [-0.39, 0.29) is 78.4 Å². The van der Waals surface area contributed by atoms with Crippen molar-refractivity contribution < 1.29 is 47.0 Å². The summed E-state index contributed by atoms with van der Waals surface area (Å²) in [6, 6.07) is 13.8. The maximum absolute atomic E-state index is 14.7. The molecule has 0 fully saturated rings. The molecular weight excluding hydrogens is 770 g/mol. The fraction of sp³-hybridized carbons (Fsp3) is 0.171. The number of esters is 2. The second-order valence-corrected chi connectivity index (χ2v) is 12.5. The van der Waals surface area contributed by atoms with Crippen LogP contribution in [0, 0.1) is 11.6 Å². The highest BCUT2D eigenvalue weighted by molar-refractivity contribution is 6.38. The number of benzene rings is 4. The maximum atomic E-state index is 14.7. The van der Waals surface area contributed by atoms with Gasteiger partial charge in [0.25, 0.3) is 5.91 Å². The lowest BCUT2D eigenvalue weighted by Gasteiger charge is -2.14. The van der Waals surface area contributed by atoms with Gasteiger partial charge in [-0.25, -0.2) is 13.6 Å². The third-order valence-electron chi connectivity index (χ3n) is 6.81. The fourth-order valence-corrected chi connectivity index (χ4v) is 5.79. The van der Waals surface area contributed by atoms with Crippen molar-refractivity contribution in [3.8, 4) is 11.5 Å². The van der Waals surface area contributed by atoms with Gasteiger partial charge in [-0.3, -0.25) is 19.2 Å². The van der Waals surface area contributed by atoms with Gasteiger partial charge in [-0.2, -0.15) is 0 Å². The molecule has 272 valence electrons. The summed E-state index contributed by atoms with van der Waals surface area (Å²) in [5.41, 5.74) is 0.357. The van der Waals surface area contributed by atoms with Crippen molar-refractivity contribution in [3.63, 3.8) is 0 Å². The van der Waals surface area contributed by atoms with Crippen LogP contribution in [0.15, 0.2) is 60.7 Å². The molecule has 4 aromatic carbocycles. The molecule has 0 saturated carbocycles. The lowest BCUT2D eigenvalue weighted by atomic mass is 10.1. The van der Waals surface area contributed by atoms with Crippen LogP contribution in [0.3, 0.4) is 0 Å². The topological polar surface area (TPSA) is 149 Å². The van der Waals surface area contributed by atoms with Crippen molar-refractivity contribution in [2.24, 2.45) is 0 Å². The van der Waals surface area contributed by atoms with E-state index in [0.29, 0.717) is 0 Å². The summed E-state index contributed by atoms with van der Waals surface area (Å²) in [5, 5.41) is 6.82. The first kappa shape index (κ1) is 39.8. The molecule has 4 aromatic rings. The van der Waals surface area contributed by atoms with Crippen molar-refractivity contribution in [1.82, 2.24) is 5.32 Å². The highest BCUT2D eigenvalue weighted by Crippen LogP contribution is 2.36. The number of carbonyl (C=O) groups excluding carboxylic acids is 5. The first-order valence-electron chi connectivity index (χ1n) is 15.0. The summed E-state index contributed by atoms with van der Waals surface area (Å²) < 4.78 is 45.4. The number of carbonyl (C=O) groups is 5. The molecule has 0 aliphatic carbocycles. The molecule has 0 atom stereocenters. The van der Waals surface area contributed by atoms with Gasteiger partial charge in [-0.1, -0.05) is 70.7 Å². The average Bonchev–Trinajstić information content (AvgIpc) is 3.05. The van der Waals surface area contributed by atoms with E-state index in [4.69, 9.17) is 60.6 Å². The quantitative estimate of drug-likeness (QED) is 0.0921. The number of amides is 3. The predicted octanol–water partition coefficient (Wildman–Crippen LogP) is 7.70. The summed E-state index contributed by atoms with van der Waals surface area (Å²) in [4.78, 5) is 60.0. The van der Waals surface area contributed by atoms with Crippen LogP contribution >= 0.6 is 46.4 Å². The number of ether oxygens (including phenoxy) is 3. The molecule has 0 spiro atoms. The molecule has 0 aromatic heterocycles. The van der Waals surface area contributed by atoms with E-state index in [1.54, 1.807) is 0 Å². The molecule has 0 saturated heterocycles. The predicted molar refractivity (Wildman–Crippen MR) is 190 cm³/mol. The third kappa shape index (κ3) is 10.8. The van der Waals surface area contributed by atoms with Crippen molar-refractivity contribution in [2.45, 2.75) is 33.5 Å². The zero-order chi connectivity index (χ0) is 38.1. The van der Waals surface area contributed by atoms with Crippen LogP contribution in [0.25, 0.3) is 0 Å². The van der Waals surface area contributed by atoms with Gasteiger partial charge in [-0.15, -0.1) is 0 Å². The van der Waals surface area contributed by atoms with Crippen LogP contribution in [-0.2, 0) is 43.5 Å². The van der Waals surface area contributed by atoms with E-state index in [1.165, 1.54) is 74.5 Å². The Morgan fingerprint density at radius 2 is 1.10 bits per heavy atom. The SMILES string of the molecule is CC(=O)Nc1cccc(COc2c(Cl)cc(CC(=O)OC(=O)CNC(=O)c3cc(Cl)c(OCc4cccc(NC(C)=O)c4F)c(Cl)c3)cc2Cl)c1F. The highest BCUT2D eigenvalue weighted by Gasteiger charge is 2.20. The molecule has 0 aliphatic heterocycles. The smallest absolute Gasteiger partial charge is 0.333 e. The monoisotopic (exact) mass is 795 g/mol. The summed E-state index contributed by atoms with van der Waals surface area (Å²) in [6.45, 7) is 1.19. The molecule has 0 unspecified atom stereocenters. The van der Waals surface area contributed by atoms with Crippen molar-refractivity contribution in [2.75, 3.05) is 17.2 Å². The Morgan fingerprint density at radius 3 is 1.54 bits per heavy atom. The first-order valence-corrected chi connectivity index (χ1v) is 16.5. The minimum Gasteiger partial charge on any atom is -0.486 e. The first-order chi connectivity index (χ1) is 24.6. The maximum Gasteiger partial charge on any atom is 0.333 e. The lowest BCUT2D eigenvalue weighted by Crippen LogP contribution is -2.32. The Bertz CT molecular complexity index is 2020. The normalized spacial score (nSPS) is 10.6. The molecule has 4 rings (SSSR count). The van der Waals surface area contributed by atoms with Crippen LogP contribution < -0.4 is 25.4 Å². The number of hydrogen-bond donors (Lipinski definition) is 3. The zero-order valence-corrected chi connectivity index (χ0v) is 30.2. The van der Waals surface area contributed by atoms with Crippen LogP contribution in [0.5, 0.6) is 11.5 Å². The van der Waals surface area contributed by atoms with Gasteiger partial charge in [0, 0.05) is 30.5 Å². The molecule has 3 N–H and O–H groups in total. The number of halogens is 6. The van der Waals surface area contributed by atoms with Gasteiger partial charge in [0.15, 0.2) is 23.1 Å². The fourth-order valence-electron chi connectivity index (χ4n) is 4.56. The van der Waals surface area contributed by atoms with Gasteiger partial charge in [-0.05, 0) is 42.0 Å². The van der Waals surface area contributed by atoms with Gasteiger partial charge in [0.1, 0.15) is 19.8 Å². The van der Waals surface area contributed by atoms with E-state index < -0.39 is 54.3 Å². The van der Waals surface area contributed by atoms with Gasteiger partial charge < -0.3 is 30.2 Å². The summed E-state index contributed by atoms with van der Waals surface area (Å²) >= 11 is 25.1. The molecule has 0 bridgehead atoms. The van der Waals surface area contributed by atoms with Crippen LogP contribution in [0.1, 0.15) is 40.9 Å². The summed E-state index contributed by atoms with van der Waals surface area (Å²) in [6.07, 6.45) is -0.430. The highest BCUT2D eigenvalue weighted by atomic mass is 35.5. The molecule has 0 heterocycles. The van der Waals surface area contributed by atoms with E-state index in [9.17, 15) is 32.8 Å². The van der Waals surface area contributed by atoms with E-state index >= 15 is 0 Å². The lowest BCUT2D eigenvalue weighted by molar-refractivity contribution is -0.158. The van der Waals surface area contributed by atoms with Crippen LogP contribution in [0.4, 0.5) is 20.2 Å².